The molecule has 88 valence electrons. The highest BCUT2D eigenvalue weighted by atomic mass is 16.5. The highest BCUT2D eigenvalue weighted by Crippen LogP contribution is 2.38. The minimum atomic E-state index is 0.524. The van der Waals surface area contributed by atoms with Crippen molar-refractivity contribution in [3.8, 4) is 0 Å². The third-order valence-electron chi connectivity index (χ3n) is 2.46. The van der Waals surface area contributed by atoms with Gasteiger partial charge in [0.25, 0.3) is 0 Å². The van der Waals surface area contributed by atoms with E-state index >= 15 is 0 Å². The summed E-state index contributed by atoms with van der Waals surface area (Å²) in [6.45, 7) is 4.14. The molecule has 0 spiro atoms. The molecule has 1 saturated carbocycles. The summed E-state index contributed by atoms with van der Waals surface area (Å²) in [5.41, 5.74) is 5.73. The molecule has 5 nitrogen and oxygen atoms in total. The van der Waals surface area contributed by atoms with Crippen LogP contribution in [-0.2, 0) is 4.74 Å². The predicted molar refractivity (Wildman–Crippen MR) is 63.4 cm³/mol. The Hall–Kier alpha value is -1.36. The Bertz CT molecular complexity index is 352. The molecule has 5 heteroatoms. The average Bonchev–Trinajstić information content (AvgIpc) is 3.07. The number of nitrogens with one attached hydrogen (secondary N) is 1. The van der Waals surface area contributed by atoms with E-state index < -0.39 is 0 Å². The molecule has 0 amide bonds. The summed E-state index contributed by atoms with van der Waals surface area (Å²) in [5.74, 6) is 2.74. The maximum atomic E-state index is 5.73. The van der Waals surface area contributed by atoms with Gasteiger partial charge in [-0.05, 0) is 19.8 Å². The number of anilines is 2. The third kappa shape index (κ3) is 3.06. The van der Waals surface area contributed by atoms with Gasteiger partial charge in [0.2, 0.25) is 0 Å². The summed E-state index contributed by atoms with van der Waals surface area (Å²) in [4.78, 5) is 8.67. The summed E-state index contributed by atoms with van der Waals surface area (Å²) < 4.78 is 5.24. The van der Waals surface area contributed by atoms with Gasteiger partial charge in [0, 0.05) is 25.1 Å². The molecule has 3 N–H and O–H groups in total. The molecule has 0 bridgehead atoms. The van der Waals surface area contributed by atoms with Crippen LogP contribution in [0.3, 0.4) is 0 Å². The number of ether oxygens (including phenoxy) is 1. The van der Waals surface area contributed by atoms with Crippen molar-refractivity contribution in [3.05, 3.63) is 11.9 Å². The van der Waals surface area contributed by atoms with Crippen molar-refractivity contribution >= 4 is 11.6 Å². The number of aromatic nitrogens is 2. The summed E-state index contributed by atoms with van der Waals surface area (Å²) in [7, 11) is 0. The molecule has 0 aromatic carbocycles. The molecular weight excluding hydrogens is 204 g/mol. The fourth-order valence-electron chi connectivity index (χ4n) is 1.50. The van der Waals surface area contributed by atoms with Crippen molar-refractivity contribution < 1.29 is 4.74 Å². The van der Waals surface area contributed by atoms with Crippen LogP contribution in [0.2, 0.25) is 0 Å². The van der Waals surface area contributed by atoms with Crippen molar-refractivity contribution in [2.45, 2.75) is 25.7 Å². The Balaban J connectivity index is 1.92. The second-order valence-electron chi connectivity index (χ2n) is 3.93. The monoisotopic (exact) mass is 222 g/mol. The topological polar surface area (TPSA) is 73.1 Å². The number of nitrogens with zero attached hydrogens (tertiary/aromatic N) is 2. The molecule has 0 atom stereocenters. The zero-order valence-corrected chi connectivity index (χ0v) is 9.57. The van der Waals surface area contributed by atoms with Crippen molar-refractivity contribution in [1.29, 1.82) is 0 Å². The van der Waals surface area contributed by atoms with Crippen molar-refractivity contribution in [2.24, 2.45) is 0 Å². The first kappa shape index (κ1) is 11.1. The molecule has 1 aromatic heterocycles. The third-order valence-corrected chi connectivity index (χ3v) is 2.46. The predicted octanol–water partition coefficient (Wildman–Crippen LogP) is 1.38. The van der Waals surface area contributed by atoms with Crippen LogP contribution in [0.5, 0.6) is 0 Å². The molecule has 1 fully saturated rings. The Kier molecular flexibility index (Phi) is 3.56. The lowest BCUT2D eigenvalue weighted by Gasteiger charge is -2.07. The fraction of sp³-hybridized carbons (Fsp3) is 0.636. The summed E-state index contributed by atoms with van der Waals surface area (Å²) in [5, 5.41) is 3.19. The first-order valence-electron chi connectivity index (χ1n) is 5.75. The summed E-state index contributed by atoms with van der Waals surface area (Å²) in [6, 6.07) is 1.76. The van der Waals surface area contributed by atoms with Gasteiger partial charge in [-0.25, -0.2) is 9.97 Å². The van der Waals surface area contributed by atoms with E-state index in [2.05, 4.69) is 15.3 Å². The van der Waals surface area contributed by atoms with Gasteiger partial charge >= 0.3 is 0 Å². The molecular formula is C11H18N4O. The van der Waals surface area contributed by atoms with Crippen LogP contribution in [0.25, 0.3) is 0 Å². The van der Waals surface area contributed by atoms with E-state index in [9.17, 15) is 0 Å². The molecule has 0 saturated heterocycles. The minimum Gasteiger partial charge on any atom is -0.384 e. The zero-order chi connectivity index (χ0) is 11.4. The van der Waals surface area contributed by atoms with E-state index in [1.165, 1.54) is 12.8 Å². The maximum absolute atomic E-state index is 5.73. The van der Waals surface area contributed by atoms with Gasteiger partial charge in [-0.15, -0.1) is 0 Å². The maximum Gasteiger partial charge on any atom is 0.136 e. The van der Waals surface area contributed by atoms with Crippen LogP contribution in [-0.4, -0.2) is 29.7 Å². The number of hydrogen-bond acceptors (Lipinski definition) is 5. The lowest BCUT2D eigenvalue weighted by Crippen LogP contribution is -2.11. The minimum absolute atomic E-state index is 0.524. The van der Waals surface area contributed by atoms with Crippen molar-refractivity contribution in [1.82, 2.24) is 9.97 Å². The quantitative estimate of drug-likeness (QED) is 0.711. The molecule has 1 aliphatic rings. The first-order chi connectivity index (χ1) is 7.79. The lowest BCUT2D eigenvalue weighted by molar-refractivity contribution is 0.158. The van der Waals surface area contributed by atoms with Crippen LogP contribution in [0.1, 0.15) is 31.5 Å². The molecule has 2 rings (SSSR count). The number of rotatable bonds is 6. The van der Waals surface area contributed by atoms with Crippen LogP contribution >= 0.6 is 0 Å². The Morgan fingerprint density at radius 1 is 1.50 bits per heavy atom. The van der Waals surface area contributed by atoms with Crippen molar-refractivity contribution in [3.63, 3.8) is 0 Å². The SMILES string of the molecule is CCOCCNc1cc(N)nc(C2CC2)n1. The van der Waals surface area contributed by atoms with Gasteiger partial charge < -0.3 is 15.8 Å². The molecule has 0 radical (unpaired) electrons. The van der Waals surface area contributed by atoms with E-state index in [4.69, 9.17) is 10.5 Å². The Labute approximate surface area is 95.4 Å². The largest absolute Gasteiger partial charge is 0.384 e. The standard InChI is InChI=1S/C11H18N4O/c1-2-16-6-5-13-10-7-9(12)14-11(15-10)8-3-4-8/h7-8H,2-6H2,1H3,(H3,12,13,14,15). The van der Waals surface area contributed by atoms with Gasteiger partial charge in [0.15, 0.2) is 0 Å². The van der Waals surface area contributed by atoms with Crippen LogP contribution in [0.15, 0.2) is 6.07 Å². The lowest BCUT2D eigenvalue weighted by atomic mass is 10.4. The van der Waals surface area contributed by atoms with Gasteiger partial charge in [-0.3, -0.25) is 0 Å². The molecule has 0 unspecified atom stereocenters. The highest BCUT2D eigenvalue weighted by Gasteiger charge is 2.27. The number of hydrogen-bond donors (Lipinski definition) is 2. The second kappa shape index (κ2) is 5.12. The van der Waals surface area contributed by atoms with E-state index in [-0.39, 0.29) is 0 Å². The summed E-state index contributed by atoms with van der Waals surface area (Å²) >= 11 is 0. The Morgan fingerprint density at radius 3 is 3.00 bits per heavy atom. The van der Waals surface area contributed by atoms with Crippen molar-refractivity contribution in [2.75, 3.05) is 30.8 Å². The number of nitrogen functional groups attached to an aromatic ring is 1. The molecule has 16 heavy (non-hydrogen) atoms. The van der Waals surface area contributed by atoms with Gasteiger partial charge in [-0.1, -0.05) is 0 Å². The molecule has 1 heterocycles. The van der Waals surface area contributed by atoms with Gasteiger partial charge in [0.05, 0.1) is 6.61 Å². The average molecular weight is 222 g/mol. The van der Waals surface area contributed by atoms with Crippen LogP contribution < -0.4 is 11.1 Å². The molecule has 0 aliphatic heterocycles. The van der Waals surface area contributed by atoms with Gasteiger partial charge in [-0.2, -0.15) is 0 Å². The first-order valence-corrected chi connectivity index (χ1v) is 5.75. The van der Waals surface area contributed by atoms with E-state index in [0.29, 0.717) is 18.3 Å². The zero-order valence-electron chi connectivity index (χ0n) is 9.57. The molecule has 1 aromatic rings. The highest BCUT2D eigenvalue weighted by molar-refractivity contribution is 5.45. The summed E-state index contributed by atoms with van der Waals surface area (Å²) in [6.07, 6.45) is 2.36. The van der Waals surface area contributed by atoms with Gasteiger partial charge in [0.1, 0.15) is 17.5 Å². The number of nitrogens with two attached hydrogens (primary N) is 1. The van der Waals surface area contributed by atoms with E-state index in [0.717, 1.165) is 24.8 Å². The fourth-order valence-corrected chi connectivity index (χ4v) is 1.50. The van der Waals surface area contributed by atoms with Crippen LogP contribution in [0, 0.1) is 0 Å². The van der Waals surface area contributed by atoms with E-state index in [1.54, 1.807) is 6.07 Å². The van der Waals surface area contributed by atoms with E-state index in [1.807, 2.05) is 6.92 Å². The normalized spacial score (nSPS) is 15.1. The smallest absolute Gasteiger partial charge is 0.136 e. The Morgan fingerprint density at radius 2 is 2.31 bits per heavy atom. The van der Waals surface area contributed by atoms with Crippen LogP contribution in [0.4, 0.5) is 11.6 Å². The second-order valence-corrected chi connectivity index (χ2v) is 3.93. The molecule has 1 aliphatic carbocycles.